The van der Waals surface area contributed by atoms with Crippen molar-refractivity contribution in [1.29, 1.82) is 0 Å². The summed E-state index contributed by atoms with van der Waals surface area (Å²) in [6.07, 6.45) is 3.27. The zero-order valence-electron chi connectivity index (χ0n) is 7.29. The quantitative estimate of drug-likeness (QED) is 0.716. The van der Waals surface area contributed by atoms with Crippen LogP contribution in [0.25, 0.3) is 0 Å². The lowest BCUT2D eigenvalue weighted by Gasteiger charge is -2.11. The van der Waals surface area contributed by atoms with E-state index in [1.807, 2.05) is 7.05 Å². The molecular formula is C8H12ClN3. The molecule has 0 aliphatic heterocycles. The van der Waals surface area contributed by atoms with Crippen LogP contribution >= 0.6 is 11.6 Å². The molecule has 66 valence electrons. The third kappa shape index (κ3) is 2.75. The van der Waals surface area contributed by atoms with Crippen molar-refractivity contribution in [2.24, 2.45) is 0 Å². The molecule has 0 unspecified atom stereocenters. The van der Waals surface area contributed by atoms with Crippen molar-refractivity contribution in [2.45, 2.75) is 13.5 Å². The molecule has 0 saturated carbocycles. The van der Waals surface area contributed by atoms with Gasteiger partial charge in [0, 0.05) is 6.54 Å². The number of halogens is 1. The Morgan fingerprint density at radius 1 is 1.42 bits per heavy atom. The molecule has 1 aromatic rings. The molecule has 0 bridgehead atoms. The maximum absolute atomic E-state index is 5.59. The van der Waals surface area contributed by atoms with Gasteiger partial charge < -0.3 is 4.90 Å². The molecule has 3 nitrogen and oxygen atoms in total. The second kappa shape index (κ2) is 4.38. The maximum Gasteiger partial charge on any atom is 0.147 e. The predicted octanol–water partition coefficient (Wildman–Crippen LogP) is 1.58. The molecule has 1 rings (SSSR count). The second-order valence-corrected chi connectivity index (χ2v) is 3.05. The first-order valence-electron chi connectivity index (χ1n) is 3.87. The van der Waals surface area contributed by atoms with Gasteiger partial charge in [-0.25, -0.2) is 4.98 Å². The van der Waals surface area contributed by atoms with Crippen LogP contribution in [-0.2, 0) is 6.54 Å². The van der Waals surface area contributed by atoms with E-state index in [9.17, 15) is 0 Å². The van der Waals surface area contributed by atoms with E-state index in [0.717, 1.165) is 18.8 Å². The summed E-state index contributed by atoms with van der Waals surface area (Å²) < 4.78 is 0. The molecule has 0 amide bonds. The molecule has 0 aliphatic carbocycles. The lowest BCUT2D eigenvalue weighted by atomic mass is 10.4. The average Bonchev–Trinajstić information content (AvgIpc) is 2.09. The number of rotatable bonds is 3. The van der Waals surface area contributed by atoms with E-state index in [1.54, 1.807) is 12.4 Å². The first-order valence-corrected chi connectivity index (χ1v) is 4.25. The van der Waals surface area contributed by atoms with Crippen LogP contribution in [0.4, 0.5) is 0 Å². The van der Waals surface area contributed by atoms with Crippen molar-refractivity contribution in [3.63, 3.8) is 0 Å². The Balaban J connectivity index is 2.58. The maximum atomic E-state index is 5.59. The van der Waals surface area contributed by atoms with Gasteiger partial charge in [0.2, 0.25) is 0 Å². The molecule has 0 radical (unpaired) electrons. The molecule has 12 heavy (non-hydrogen) atoms. The first kappa shape index (κ1) is 9.42. The summed E-state index contributed by atoms with van der Waals surface area (Å²) >= 11 is 5.59. The Hall–Kier alpha value is -0.670. The Labute approximate surface area is 77.4 Å². The fraction of sp³-hybridized carbons (Fsp3) is 0.500. The number of hydrogen-bond donors (Lipinski definition) is 0. The van der Waals surface area contributed by atoms with Gasteiger partial charge in [-0.2, -0.15) is 0 Å². The smallest absolute Gasteiger partial charge is 0.147 e. The zero-order chi connectivity index (χ0) is 8.97. The van der Waals surface area contributed by atoms with Crippen LogP contribution in [0.3, 0.4) is 0 Å². The topological polar surface area (TPSA) is 29.0 Å². The molecule has 0 N–H and O–H groups in total. The molecule has 0 fully saturated rings. The molecule has 1 heterocycles. The van der Waals surface area contributed by atoms with Crippen molar-refractivity contribution in [1.82, 2.24) is 14.9 Å². The fourth-order valence-corrected chi connectivity index (χ4v) is 0.907. The molecule has 0 spiro atoms. The van der Waals surface area contributed by atoms with Crippen LogP contribution in [-0.4, -0.2) is 28.5 Å². The first-order chi connectivity index (χ1) is 5.72. The molecular weight excluding hydrogens is 174 g/mol. The Morgan fingerprint density at radius 3 is 2.67 bits per heavy atom. The summed E-state index contributed by atoms with van der Waals surface area (Å²) in [6.45, 7) is 3.92. The standard InChI is InChI=1S/C8H12ClN3/c1-3-12(2)6-7-4-11-8(9)5-10-7/h4-5H,3,6H2,1-2H3. The minimum atomic E-state index is 0.443. The van der Waals surface area contributed by atoms with Crippen molar-refractivity contribution in [3.05, 3.63) is 23.2 Å². The van der Waals surface area contributed by atoms with E-state index in [1.165, 1.54) is 0 Å². The van der Waals surface area contributed by atoms with E-state index < -0.39 is 0 Å². The lowest BCUT2D eigenvalue weighted by Crippen LogP contribution is -2.17. The fourth-order valence-electron chi connectivity index (χ4n) is 0.809. The van der Waals surface area contributed by atoms with Crippen molar-refractivity contribution in [3.8, 4) is 0 Å². The van der Waals surface area contributed by atoms with Gasteiger partial charge in [-0.05, 0) is 13.6 Å². The molecule has 0 aliphatic rings. The highest BCUT2D eigenvalue weighted by Gasteiger charge is 1.98. The molecule has 0 saturated heterocycles. The average molecular weight is 186 g/mol. The van der Waals surface area contributed by atoms with Crippen LogP contribution < -0.4 is 0 Å². The highest BCUT2D eigenvalue weighted by atomic mass is 35.5. The van der Waals surface area contributed by atoms with E-state index in [0.29, 0.717) is 5.15 Å². The van der Waals surface area contributed by atoms with E-state index in [4.69, 9.17) is 11.6 Å². The van der Waals surface area contributed by atoms with Crippen molar-refractivity contribution >= 4 is 11.6 Å². The van der Waals surface area contributed by atoms with Crippen molar-refractivity contribution < 1.29 is 0 Å². The minimum Gasteiger partial charge on any atom is -0.301 e. The van der Waals surface area contributed by atoms with Gasteiger partial charge in [-0.3, -0.25) is 4.98 Å². The largest absolute Gasteiger partial charge is 0.301 e. The van der Waals surface area contributed by atoms with Gasteiger partial charge in [0.1, 0.15) is 5.15 Å². The van der Waals surface area contributed by atoms with Crippen LogP contribution in [0.15, 0.2) is 12.4 Å². The lowest BCUT2D eigenvalue weighted by molar-refractivity contribution is 0.341. The molecule has 1 aromatic heterocycles. The van der Waals surface area contributed by atoms with Crippen LogP contribution in [0.5, 0.6) is 0 Å². The summed E-state index contributed by atoms with van der Waals surface area (Å²) in [5.74, 6) is 0. The van der Waals surface area contributed by atoms with Gasteiger partial charge >= 0.3 is 0 Å². The number of aromatic nitrogens is 2. The molecule has 0 aromatic carbocycles. The Bertz CT molecular complexity index is 235. The zero-order valence-corrected chi connectivity index (χ0v) is 8.04. The summed E-state index contributed by atoms with van der Waals surface area (Å²) in [7, 11) is 2.04. The highest BCUT2D eigenvalue weighted by molar-refractivity contribution is 6.29. The SMILES string of the molecule is CCN(C)Cc1cnc(Cl)cn1. The summed E-state index contributed by atoms with van der Waals surface area (Å²) in [6, 6.07) is 0. The molecule has 4 heteroatoms. The normalized spacial score (nSPS) is 10.7. The van der Waals surface area contributed by atoms with E-state index in [-0.39, 0.29) is 0 Å². The summed E-state index contributed by atoms with van der Waals surface area (Å²) in [5.41, 5.74) is 0.948. The van der Waals surface area contributed by atoms with Crippen LogP contribution in [0, 0.1) is 0 Å². The van der Waals surface area contributed by atoms with Gasteiger partial charge in [-0.15, -0.1) is 0 Å². The van der Waals surface area contributed by atoms with E-state index in [2.05, 4.69) is 21.8 Å². The second-order valence-electron chi connectivity index (χ2n) is 2.66. The molecule has 0 atom stereocenters. The predicted molar refractivity (Wildman–Crippen MR) is 49.1 cm³/mol. The van der Waals surface area contributed by atoms with Crippen molar-refractivity contribution in [2.75, 3.05) is 13.6 Å². The number of hydrogen-bond acceptors (Lipinski definition) is 3. The summed E-state index contributed by atoms with van der Waals surface area (Å²) in [5, 5.41) is 0.443. The third-order valence-electron chi connectivity index (χ3n) is 1.65. The van der Waals surface area contributed by atoms with Crippen LogP contribution in [0.1, 0.15) is 12.6 Å². The third-order valence-corrected chi connectivity index (χ3v) is 1.84. The Morgan fingerprint density at radius 2 is 2.17 bits per heavy atom. The monoisotopic (exact) mass is 185 g/mol. The van der Waals surface area contributed by atoms with Gasteiger partial charge in [0.25, 0.3) is 0 Å². The van der Waals surface area contributed by atoms with Gasteiger partial charge in [0.15, 0.2) is 0 Å². The van der Waals surface area contributed by atoms with Gasteiger partial charge in [-0.1, -0.05) is 18.5 Å². The minimum absolute atomic E-state index is 0.443. The van der Waals surface area contributed by atoms with Gasteiger partial charge in [0.05, 0.1) is 18.1 Å². The Kier molecular flexibility index (Phi) is 3.44. The van der Waals surface area contributed by atoms with Crippen LogP contribution in [0.2, 0.25) is 5.15 Å². The summed E-state index contributed by atoms with van der Waals surface area (Å²) in [4.78, 5) is 10.2. The highest BCUT2D eigenvalue weighted by Crippen LogP contribution is 2.02. The van der Waals surface area contributed by atoms with E-state index >= 15 is 0 Å². The number of nitrogens with zero attached hydrogens (tertiary/aromatic N) is 3.